The number of rotatable bonds is 4. The molecule has 5 nitrogen and oxygen atoms in total. The number of hydrazine groups is 1. The fourth-order valence-electron chi connectivity index (χ4n) is 0.857. The van der Waals surface area contributed by atoms with Crippen LogP contribution in [0.2, 0.25) is 0 Å². The summed E-state index contributed by atoms with van der Waals surface area (Å²) in [5, 5.41) is 1.80. The summed E-state index contributed by atoms with van der Waals surface area (Å²) in [4.78, 5) is 7.96. The fraction of sp³-hybridized carbons (Fsp3) is 0.500. The van der Waals surface area contributed by atoms with Gasteiger partial charge in [-0.05, 0) is 6.92 Å². The highest BCUT2D eigenvalue weighted by atomic mass is 16.5. The number of hydrogen-bond acceptors (Lipinski definition) is 5. The van der Waals surface area contributed by atoms with Crippen LogP contribution in [0.1, 0.15) is 6.92 Å². The molecule has 0 aromatic carbocycles. The molecule has 72 valence electrons. The summed E-state index contributed by atoms with van der Waals surface area (Å²) in [7, 11) is 3.78. The molecule has 0 unspecified atom stereocenters. The van der Waals surface area contributed by atoms with E-state index in [1.165, 1.54) is 6.33 Å². The number of aromatic nitrogens is 2. The fourth-order valence-corrected chi connectivity index (χ4v) is 0.857. The molecule has 0 saturated heterocycles. The zero-order chi connectivity index (χ0) is 9.68. The van der Waals surface area contributed by atoms with E-state index >= 15 is 0 Å². The molecule has 1 heterocycles. The molecular weight excluding hydrogens is 168 g/mol. The lowest BCUT2D eigenvalue weighted by atomic mass is 10.5. The molecule has 0 saturated carbocycles. The number of hydrogen-bond donors (Lipinski definition) is 1. The van der Waals surface area contributed by atoms with Crippen molar-refractivity contribution >= 4 is 5.82 Å². The van der Waals surface area contributed by atoms with Crippen molar-refractivity contribution in [2.75, 3.05) is 26.1 Å². The van der Waals surface area contributed by atoms with Gasteiger partial charge in [-0.3, -0.25) is 0 Å². The highest BCUT2D eigenvalue weighted by Crippen LogP contribution is 2.10. The highest BCUT2D eigenvalue weighted by Gasteiger charge is 1.98. The summed E-state index contributed by atoms with van der Waals surface area (Å²) >= 11 is 0. The molecule has 0 aliphatic rings. The maximum atomic E-state index is 5.22. The number of ether oxygens (including phenoxy) is 1. The largest absolute Gasteiger partial charge is 0.478 e. The average Bonchev–Trinajstić information content (AvgIpc) is 2.04. The van der Waals surface area contributed by atoms with Crippen molar-refractivity contribution in [2.45, 2.75) is 6.92 Å². The Morgan fingerprint density at radius 1 is 1.46 bits per heavy atom. The molecule has 1 aromatic rings. The minimum Gasteiger partial charge on any atom is -0.478 e. The molecule has 0 bridgehead atoms. The lowest BCUT2D eigenvalue weighted by molar-refractivity contribution is 0.326. The normalized spacial score (nSPS) is 10.2. The van der Waals surface area contributed by atoms with Gasteiger partial charge in [-0.25, -0.2) is 15.0 Å². The van der Waals surface area contributed by atoms with Gasteiger partial charge in [0.05, 0.1) is 6.61 Å². The SMILES string of the molecule is CCOc1cc(NN(C)C)ncn1. The van der Waals surface area contributed by atoms with Crippen molar-refractivity contribution < 1.29 is 4.74 Å². The van der Waals surface area contributed by atoms with Gasteiger partial charge in [-0.15, -0.1) is 0 Å². The zero-order valence-corrected chi connectivity index (χ0v) is 8.11. The van der Waals surface area contributed by atoms with E-state index in [-0.39, 0.29) is 0 Å². The third kappa shape index (κ3) is 3.25. The van der Waals surface area contributed by atoms with E-state index in [1.54, 1.807) is 11.1 Å². The van der Waals surface area contributed by atoms with Crippen LogP contribution in [0.5, 0.6) is 5.88 Å². The van der Waals surface area contributed by atoms with E-state index in [0.717, 1.165) is 5.82 Å². The Hall–Kier alpha value is -1.36. The van der Waals surface area contributed by atoms with Gasteiger partial charge in [0.15, 0.2) is 0 Å². The van der Waals surface area contributed by atoms with Crippen LogP contribution in [0.4, 0.5) is 5.82 Å². The quantitative estimate of drug-likeness (QED) is 0.697. The molecular formula is C8H14N4O. The Kier molecular flexibility index (Phi) is 3.45. The minimum absolute atomic E-state index is 0.585. The predicted octanol–water partition coefficient (Wildman–Crippen LogP) is 0.764. The van der Waals surface area contributed by atoms with Crippen LogP contribution in [0.25, 0.3) is 0 Å². The van der Waals surface area contributed by atoms with E-state index in [1.807, 2.05) is 21.0 Å². The Bertz CT molecular complexity index is 264. The van der Waals surface area contributed by atoms with E-state index in [9.17, 15) is 0 Å². The summed E-state index contributed by atoms with van der Waals surface area (Å²) in [5.74, 6) is 1.31. The summed E-state index contributed by atoms with van der Waals surface area (Å²) in [6, 6.07) is 1.75. The molecule has 1 rings (SSSR count). The van der Waals surface area contributed by atoms with Gasteiger partial charge >= 0.3 is 0 Å². The maximum Gasteiger partial charge on any atom is 0.218 e. The van der Waals surface area contributed by atoms with Gasteiger partial charge in [0.25, 0.3) is 0 Å². The van der Waals surface area contributed by atoms with Gasteiger partial charge in [-0.1, -0.05) is 0 Å². The predicted molar refractivity (Wildman–Crippen MR) is 50.5 cm³/mol. The average molecular weight is 182 g/mol. The molecule has 0 amide bonds. The Morgan fingerprint density at radius 3 is 2.85 bits per heavy atom. The van der Waals surface area contributed by atoms with Crippen molar-refractivity contribution in [2.24, 2.45) is 0 Å². The number of anilines is 1. The third-order valence-electron chi connectivity index (χ3n) is 1.27. The molecule has 1 aromatic heterocycles. The second-order valence-corrected chi connectivity index (χ2v) is 2.68. The molecule has 0 aliphatic heterocycles. The molecule has 0 spiro atoms. The lowest BCUT2D eigenvalue weighted by Crippen LogP contribution is -2.20. The van der Waals surface area contributed by atoms with Crippen molar-refractivity contribution in [3.63, 3.8) is 0 Å². The van der Waals surface area contributed by atoms with Crippen molar-refractivity contribution in [3.05, 3.63) is 12.4 Å². The molecule has 0 aliphatic carbocycles. The van der Waals surface area contributed by atoms with E-state index in [2.05, 4.69) is 15.4 Å². The molecule has 5 heteroatoms. The maximum absolute atomic E-state index is 5.22. The molecule has 1 N–H and O–H groups in total. The molecule has 0 fully saturated rings. The van der Waals surface area contributed by atoms with Crippen molar-refractivity contribution in [3.8, 4) is 5.88 Å². The lowest BCUT2D eigenvalue weighted by Gasteiger charge is -2.12. The first-order chi connectivity index (χ1) is 6.22. The van der Waals surface area contributed by atoms with Gasteiger partial charge < -0.3 is 10.2 Å². The second kappa shape index (κ2) is 4.61. The minimum atomic E-state index is 0.585. The van der Waals surface area contributed by atoms with Crippen molar-refractivity contribution in [1.82, 2.24) is 15.0 Å². The van der Waals surface area contributed by atoms with Crippen LogP contribution < -0.4 is 10.2 Å². The third-order valence-corrected chi connectivity index (χ3v) is 1.27. The van der Waals surface area contributed by atoms with Gasteiger partial charge in [0.2, 0.25) is 5.88 Å². The van der Waals surface area contributed by atoms with Gasteiger partial charge in [0.1, 0.15) is 12.1 Å². The second-order valence-electron chi connectivity index (χ2n) is 2.68. The van der Waals surface area contributed by atoms with E-state index in [4.69, 9.17) is 4.74 Å². The smallest absolute Gasteiger partial charge is 0.218 e. The summed E-state index contributed by atoms with van der Waals surface area (Å²) in [6.45, 7) is 2.53. The van der Waals surface area contributed by atoms with Crippen LogP contribution in [-0.4, -0.2) is 35.7 Å². The van der Waals surface area contributed by atoms with Gasteiger partial charge in [0, 0.05) is 20.2 Å². The van der Waals surface area contributed by atoms with Crippen LogP contribution >= 0.6 is 0 Å². The molecule has 0 radical (unpaired) electrons. The molecule has 0 atom stereocenters. The van der Waals surface area contributed by atoms with E-state index in [0.29, 0.717) is 12.5 Å². The van der Waals surface area contributed by atoms with E-state index < -0.39 is 0 Å². The van der Waals surface area contributed by atoms with Crippen LogP contribution in [0, 0.1) is 0 Å². The van der Waals surface area contributed by atoms with Crippen LogP contribution in [0.3, 0.4) is 0 Å². The zero-order valence-electron chi connectivity index (χ0n) is 8.11. The standard InChI is InChI=1S/C8H14N4O/c1-4-13-8-5-7(9-6-10-8)11-12(2)3/h5-6H,4H2,1-3H3,(H,9,10,11). The Morgan fingerprint density at radius 2 is 2.23 bits per heavy atom. The first-order valence-electron chi connectivity index (χ1n) is 4.11. The summed E-state index contributed by atoms with van der Waals surface area (Å²) < 4.78 is 5.22. The summed E-state index contributed by atoms with van der Waals surface area (Å²) in [5.41, 5.74) is 3.01. The first-order valence-corrected chi connectivity index (χ1v) is 4.11. The topological polar surface area (TPSA) is 50.3 Å². The Balaban J connectivity index is 2.67. The monoisotopic (exact) mass is 182 g/mol. The van der Waals surface area contributed by atoms with Gasteiger partial charge in [-0.2, -0.15) is 0 Å². The number of nitrogens with one attached hydrogen (secondary N) is 1. The van der Waals surface area contributed by atoms with Crippen molar-refractivity contribution in [1.29, 1.82) is 0 Å². The first kappa shape index (κ1) is 9.73. The highest BCUT2D eigenvalue weighted by molar-refractivity contribution is 5.35. The molecule has 13 heavy (non-hydrogen) atoms. The van der Waals surface area contributed by atoms with Crippen LogP contribution in [-0.2, 0) is 0 Å². The number of nitrogens with zero attached hydrogens (tertiary/aromatic N) is 3. The van der Waals surface area contributed by atoms with Crippen LogP contribution in [0.15, 0.2) is 12.4 Å². The summed E-state index contributed by atoms with van der Waals surface area (Å²) in [6.07, 6.45) is 1.47. The Labute approximate surface area is 77.7 Å².